The van der Waals surface area contributed by atoms with Crippen molar-refractivity contribution >= 4 is 5.84 Å². The van der Waals surface area contributed by atoms with Gasteiger partial charge in [-0.3, -0.25) is 0 Å². The molecule has 0 spiro atoms. The summed E-state index contributed by atoms with van der Waals surface area (Å²) in [4.78, 5) is 0. The second-order valence-electron chi connectivity index (χ2n) is 4.80. The number of amidine groups is 1. The van der Waals surface area contributed by atoms with Crippen LogP contribution in [-0.4, -0.2) is 20.8 Å². The zero-order chi connectivity index (χ0) is 14.0. The number of nitrogens with two attached hydrogens (primary N) is 1. The van der Waals surface area contributed by atoms with Gasteiger partial charge in [0.15, 0.2) is 5.84 Å². The molecule has 2 rings (SSSR count). The summed E-state index contributed by atoms with van der Waals surface area (Å²) in [6.45, 7) is 6.16. The van der Waals surface area contributed by atoms with E-state index in [-0.39, 0.29) is 5.84 Å². The Balaban J connectivity index is 2.60. The molecule has 5 nitrogen and oxygen atoms in total. The van der Waals surface area contributed by atoms with Crippen LogP contribution >= 0.6 is 0 Å². The maximum atomic E-state index is 8.88. The van der Waals surface area contributed by atoms with Gasteiger partial charge in [-0.05, 0) is 30.5 Å². The number of nitrogens with zero attached hydrogens (tertiary/aromatic N) is 3. The van der Waals surface area contributed by atoms with Crippen LogP contribution in [0.3, 0.4) is 0 Å². The smallest absolute Gasteiger partial charge is 0.172 e. The highest BCUT2D eigenvalue weighted by Crippen LogP contribution is 2.20. The van der Waals surface area contributed by atoms with Gasteiger partial charge < -0.3 is 10.9 Å². The monoisotopic (exact) mass is 258 g/mol. The Morgan fingerprint density at radius 2 is 2.11 bits per heavy atom. The lowest BCUT2D eigenvalue weighted by molar-refractivity contribution is 0.318. The Bertz CT molecular complexity index is 614. The fourth-order valence-corrected chi connectivity index (χ4v) is 1.99. The molecule has 1 heterocycles. The highest BCUT2D eigenvalue weighted by atomic mass is 16.4. The Labute approximate surface area is 112 Å². The van der Waals surface area contributed by atoms with Crippen LogP contribution in [0.2, 0.25) is 0 Å². The number of oxime groups is 1. The summed E-state index contributed by atoms with van der Waals surface area (Å²) in [5.41, 5.74) is 9.26. The van der Waals surface area contributed by atoms with Gasteiger partial charge in [0.2, 0.25) is 0 Å². The average molecular weight is 258 g/mol. The lowest BCUT2D eigenvalue weighted by Gasteiger charge is -2.11. The van der Waals surface area contributed by atoms with Crippen molar-refractivity contribution in [2.75, 3.05) is 0 Å². The summed E-state index contributed by atoms with van der Waals surface area (Å²) in [5.74, 6) is 0.442. The van der Waals surface area contributed by atoms with Crippen molar-refractivity contribution in [1.29, 1.82) is 0 Å². The molecule has 0 bridgehead atoms. The summed E-state index contributed by atoms with van der Waals surface area (Å²) in [6, 6.07) is 7.64. The van der Waals surface area contributed by atoms with E-state index in [2.05, 4.69) is 24.1 Å². The van der Waals surface area contributed by atoms with E-state index < -0.39 is 0 Å². The molecule has 0 saturated heterocycles. The average Bonchev–Trinajstić information content (AvgIpc) is 2.87. The van der Waals surface area contributed by atoms with Gasteiger partial charge in [0.1, 0.15) is 0 Å². The van der Waals surface area contributed by atoms with Gasteiger partial charge in [-0.2, -0.15) is 5.10 Å². The number of para-hydroxylation sites is 1. The maximum absolute atomic E-state index is 8.88. The van der Waals surface area contributed by atoms with Gasteiger partial charge in [0.25, 0.3) is 0 Å². The van der Waals surface area contributed by atoms with Crippen LogP contribution in [0.1, 0.15) is 36.6 Å². The molecular weight excluding hydrogens is 240 g/mol. The topological polar surface area (TPSA) is 76.4 Å². The quantitative estimate of drug-likeness (QED) is 0.384. The molecular formula is C14H18N4O. The van der Waals surface area contributed by atoms with Crippen molar-refractivity contribution in [2.45, 2.75) is 26.7 Å². The van der Waals surface area contributed by atoms with E-state index in [1.807, 2.05) is 37.4 Å². The highest BCUT2D eigenvalue weighted by Gasteiger charge is 2.13. The van der Waals surface area contributed by atoms with Gasteiger partial charge in [0.05, 0.1) is 11.4 Å². The zero-order valence-corrected chi connectivity index (χ0v) is 11.3. The molecule has 0 aliphatic heterocycles. The van der Waals surface area contributed by atoms with Crippen LogP contribution in [0.15, 0.2) is 35.6 Å². The number of rotatable bonds is 3. The fraction of sp³-hybridized carbons (Fsp3) is 0.286. The minimum atomic E-state index is 0.0836. The van der Waals surface area contributed by atoms with Crippen molar-refractivity contribution in [2.24, 2.45) is 10.9 Å². The Morgan fingerprint density at radius 3 is 2.68 bits per heavy atom. The van der Waals surface area contributed by atoms with Crippen molar-refractivity contribution in [3.63, 3.8) is 0 Å². The van der Waals surface area contributed by atoms with Gasteiger partial charge in [-0.15, -0.1) is 0 Å². The van der Waals surface area contributed by atoms with E-state index in [0.29, 0.717) is 11.5 Å². The molecule has 5 heteroatoms. The largest absolute Gasteiger partial charge is 0.409 e. The second-order valence-corrected chi connectivity index (χ2v) is 4.80. The van der Waals surface area contributed by atoms with Crippen LogP contribution in [0, 0.1) is 6.92 Å². The molecule has 1 aromatic heterocycles. The van der Waals surface area contributed by atoms with Crippen LogP contribution in [0.25, 0.3) is 5.69 Å². The standard InChI is InChI=1S/C14H18N4O/c1-9(2)12-7-8-18(16-12)13-10(3)5-4-6-11(13)14(15)17-19/h4-9,19H,1-3H3,(H2,15,17). The summed E-state index contributed by atoms with van der Waals surface area (Å²) in [7, 11) is 0. The van der Waals surface area contributed by atoms with E-state index >= 15 is 0 Å². The summed E-state index contributed by atoms with van der Waals surface area (Å²) >= 11 is 0. The third-order valence-electron chi connectivity index (χ3n) is 3.05. The molecule has 0 radical (unpaired) electrons. The summed E-state index contributed by atoms with van der Waals surface area (Å²) in [6.07, 6.45) is 1.89. The molecule has 0 fully saturated rings. The number of hydrogen-bond donors (Lipinski definition) is 2. The van der Waals surface area contributed by atoms with Gasteiger partial charge >= 0.3 is 0 Å². The van der Waals surface area contributed by atoms with Crippen LogP contribution in [0.4, 0.5) is 0 Å². The maximum Gasteiger partial charge on any atom is 0.172 e. The number of hydrogen-bond acceptors (Lipinski definition) is 3. The molecule has 100 valence electrons. The lowest BCUT2D eigenvalue weighted by Crippen LogP contribution is -2.17. The lowest BCUT2D eigenvalue weighted by atomic mass is 10.1. The fourth-order valence-electron chi connectivity index (χ4n) is 1.99. The van der Waals surface area contributed by atoms with E-state index in [9.17, 15) is 0 Å². The minimum absolute atomic E-state index is 0.0836. The zero-order valence-electron chi connectivity index (χ0n) is 11.3. The third-order valence-corrected chi connectivity index (χ3v) is 3.05. The summed E-state index contributed by atoms with van der Waals surface area (Å²) < 4.78 is 1.78. The van der Waals surface area contributed by atoms with Crippen LogP contribution in [-0.2, 0) is 0 Å². The molecule has 0 saturated carbocycles. The molecule has 0 unspecified atom stereocenters. The van der Waals surface area contributed by atoms with Crippen molar-refractivity contribution in [1.82, 2.24) is 9.78 Å². The first-order valence-electron chi connectivity index (χ1n) is 6.18. The highest BCUT2D eigenvalue weighted by molar-refractivity contribution is 6.00. The first kappa shape index (κ1) is 13.1. The van der Waals surface area contributed by atoms with Crippen LogP contribution < -0.4 is 5.73 Å². The molecule has 0 aliphatic rings. The number of benzene rings is 1. The predicted octanol–water partition coefficient (Wildman–Crippen LogP) is 2.40. The van der Waals surface area contributed by atoms with Crippen molar-refractivity contribution in [3.8, 4) is 5.69 Å². The Kier molecular flexibility index (Phi) is 3.55. The molecule has 0 atom stereocenters. The van der Waals surface area contributed by atoms with E-state index in [1.165, 1.54) is 0 Å². The van der Waals surface area contributed by atoms with Gasteiger partial charge in [0, 0.05) is 11.8 Å². The molecule has 0 amide bonds. The predicted molar refractivity (Wildman–Crippen MR) is 74.9 cm³/mol. The molecule has 3 N–H and O–H groups in total. The molecule has 2 aromatic rings. The Hall–Kier alpha value is -2.30. The molecule has 19 heavy (non-hydrogen) atoms. The molecule has 1 aromatic carbocycles. The first-order valence-corrected chi connectivity index (χ1v) is 6.18. The number of aromatic nitrogens is 2. The second kappa shape index (κ2) is 5.14. The van der Waals surface area contributed by atoms with E-state index in [0.717, 1.165) is 16.9 Å². The number of aryl methyl sites for hydroxylation is 1. The Morgan fingerprint density at radius 1 is 1.37 bits per heavy atom. The minimum Gasteiger partial charge on any atom is -0.409 e. The van der Waals surface area contributed by atoms with E-state index in [1.54, 1.807) is 4.68 Å². The van der Waals surface area contributed by atoms with Gasteiger partial charge in [-0.25, -0.2) is 4.68 Å². The summed E-state index contributed by atoms with van der Waals surface area (Å²) in [5, 5.41) is 16.5. The third kappa shape index (κ3) is 2.45. The van der Waals surface area contributed by atoms with Gasteiger partial charge in [-0.1, -0.05) is 31.1 Å². The van der Waals surface area contributed by atoms with E-state index in [4.69, 9.17) is 10.9 Å². The van der Waals surface area contributed by atoms with Crippen molar-refractivity contribution in [3.05, 3.63) is 47.3 Å². The first-order chi connectivity index (χ1) is 9.04. The van der Waals surface area contributed by atoms with Crippen LogP contribution in [0.5, 0.6) is 0 Å². The van der Waals surface area contributed by atoms with Crippen molar-refractivity contribution < 1.29 is 5.21 Å². The SMILES string of the molecule is Cc1cccc(/C(N)=N/O)c1-n1ccc(C(C)C)n1. The normalized spacial score (nSPS) is 12.1. The molecule has 0 aliphatic carbocycles.